The van der Waals surface area contributed by atoms with Crippen molar-refractivity contribution in [3.8, 4) is 0 Å². The van der Waals surface area contributed by atoms with E-state index >= 15 is 0 Å². The lowest BCUT2D eigenvalue weighted by atomic mass is 9.95. The topological polar surface area (TPSA) is 55.4 Å². The van der Waals surface area contributed by atoms with Gasteiger partial charge in [0.1, 0.15) is 12.1 Å². The standard InChI is InChI=1S/C16H20ClNO3/c1-15(2,3)21-13(19)10-18-14(20)16(8-9-16)11-4-6-12(17)7-5-11/h4-7H,8-10H2,1-3H3,(H,18,20). The lowest BCUT2D eigenvalue weighted by molar-refractivity contribution is -0.154. The number of ether oxygens (including phenoxy) is 1. The molecule has 1 fully saturated rings. The van der Waals surface area contributed by atoms with Crippen LogP contribution < -0.4 is 5.32 Å². The molecule has 1 aromatic carbocycles. The number of amides is 1. The van der Waals surface area contributed by atoms with Crippen LogP contribution in [-0.4, -0.2) is 24.0 Å². The molecule has 114 valence electrons. The third kappa shape index (κ3) is 3.97. The van der Waals surface area contributed by atoms with Crippen molar-refractivity contribution in [2.24, 2.45) is 0 Å². The summed E-state index contributed by atoms with van der Waals surface area (Å²) in [5, 5.41) is 3.32. The Hall–Kier alpha value is -1.55. The van der Waals surface area contributed by atoms with Gasteiger partial charge in [-0.2, -0.15) is 0 Å². The minimum atomic E-state index is -0.546. The van der Waals surface area contributed by atoms with Crippen molar-refractivity contribution < 1.29 is 14.3 Å². The molecule has 1 aliphatic carbocycles. The molecule has 5 heteroatoms. The average molecular weight is 310 g/mol. The molecule has 0 radical (unpaired) electrons. The second-order valence-electron chi connectivity index (χ2n) is 6.36. The molecule has 0 bridgehead atoms. The van der Waals surface area contributed by atoms with E-state index in [1.165, 1.54) is 0 Å². The number of nitrogens with one attached hydrogen (secondary N) is 1. The summed E-state index contributed by atoms with van der Waals surface area (Å²) in [7, 11) is 0. The van der Waals surface area contributed by atoms with Gasteiger partial charge in [-0.25, -0.2) is 0 Å². The highest BCUT2D eigenvalue weighted by Gasteiger charge is 2.51. The number of halogens is 1. The zero-order chi connectivity index (χ0) is 15.7. The Morgan fingerprint density at radius 1 is 1.24 bits per heavy atom. The summed E-state index contributed by atoms with van der Waals surface area (Å²) < 4.78 is 5.17. The van der Waals surface area contributed by atoms with Crippen molar-refractivity contribution in [1.82, 2.24) is 5.32 Å². The molecule has 0 saturated heterocycles. The summed E-state index contributed by atoms with van der Waals surface area (Å²) in [5.74, 6) is -0.557. The van der Waals surface area contributed by atoms with E-state index in [9.17, 15) is 9.59 Å². The van der Waals surface area contributed by atoms with Crippen molar-refractivity contribution in [2.75, 3.05) is 6.54 Å². The SMILES string of the molecule is CC(C)(C)OC(=O)CNC(=O)C1(c2ccc(Cl)cc2)CC1. The average Bonchev–Trinajstić information content (AvgIpc) is 3.16. The van der Waals surface area contributed by atoms with Crippen LogP contribution in [0.2, 0.25) is 5.02 Å². The Morgan fingerprint density at radius 2 is 1.81 bits per heavy atom. The van der Waals surface area contributed by atoms with E-state index in [1.807, 2.05) is 12.1 Å². The molecule has 1 N–H and O–H groups in total. The van der Waals surface area contributed by atoms with Gasteiger partial charge in [-0.15, -0.1) is 0 Å². The number of carbonyl (C=O) groups is 2. The second-order valence-corrected chi connectivity index (χ2v) is 6.79. The number of rotatable bonds is 4. The van der Waals surface area contributed by atoms with Crippen LogP contribution in [0.25, 0.3) is 0 Å². The molecular weight excluding hydrogens is 290 g/mol. The second kappa shape index (κ2) is 5.68. The summed E-state index contributed by atoms with van der Waals surface area (Å²) >= 11 is 5.86. The van der Waals surface area contributed by atoms with Crippen LogP contribution in [0.1, 0.15) is 39.2 Å². The van der Waals surface area contributed by atoms with Gasteiger partial charge >= 0.3 is 5.97 Å². The van der Waals surface area contributed by atoms with E-state index in [2.05, 4.69) is 5.32 Å². The molecule has 0 spiro atoms. The highest BCUT2D eigenvalue weighted by Crippen LogP contribution is 2.48. The fourth-order valence-corrected chi connectivity index (χ4v) is 2.37. The van der Waals surface area contributed by atoms with E-state index in [1.54, 1.807) is 32.9 Å². The van der Waals surface area contributed by atoms with Gasteiger partial charge in [0.25, 0.3) is 0 Å². The van der Waals surface area contributed by atoms with Crippen LogP contribution in [-0.2, 0) is 19.7 Å². The molecule has 1 aliphatic rings. The highest BCUT2D eigenvalue weighted by molar-refractivity contribution is 6.30. The largest absolute Gasteiger partial charge is 0.459 e. The fourth-order valence-electron chi connectivity index (χ4n) is 2.24. The van der Waals surface area contributed by atoms with Gasteiger partial charge in [-0.1, -0.05) is 23.7 Å². The summed E-state index contributed by atoms with van der Waals surface area (Å²) in [6.45, 7) is 5.28. The Morgan fingerprint density at radius 3 is 2.29 bits per heavy atom. The maximum absolute atomic E-state index is 12.3. The van der Waals surface area contributed by atoms with Crippen LogP contribution in [0.4, 0.5) is 0 Å². The summed E-state index contributed by atoms with van der Waals surface area (Å²) in [5.41, 5.74) is -0.115. The van der Waals surface area contributed by atoms with Gasteiger partial charge in [0.05, 0.1) is 5.41 Å². The Bertz CT molecular complexity index is 542. The van der Waals surface area contributed by atoms with Crippen molar-refractivity contribution >= 4 is 23.5 Å². The van der Waals surface area contributed by atoms with Crippen molar-refractivity contribution in [3.63, 3.8) is 0 Å². The molecular formula is C16H20ClNO3. The molecule has 0 heterocycles. The number of hydrogen-bond donors (Lipinski definition) is 1. The molecule has 0 aromatic heterocycles. The quantitative estimate of drug-likeness (QED) is 0.870. The molecule has 1 saturated carbocycles. The number of carbonyl (C=O) groups excluding carboxylic acids is 2. The summed E-state index contributed by atoms with van der Waals surface area (Å²) in [4.78, 5) is 24.0. The van der Waals surface area contributed by atoms with E-state index in [0.717, 1.165) is 18.4 Å². The van der Waals surface area contributed by atoms with Crippen molar-refractivity contribution in [2.45, 2.75) is 44.6 Å². The predicted molar refractivity (Wildman–Crippen MR) is 81.2 cm³/mol. The Kier molecular flexibility index (Phi) is 4.28. The predicted octanol–water partition coefficient (Wildman–Crippen LogP) is 2.83. The lowest BCUT2D eigenvalue weighted by Crippen LogP contribution is -2.40. The molecule has 21 heavy (non-hydrogen) atoms. The number of esters is 1. The molecule has 2 rings (SSSR count). The van der Waals surface area contributed by atoms with Gasteiger partial charge in [0, 0.05) is 5.02 Å². The molecule has 0 unspecified atom stereocenters. The minimum Gasteiger partial charge on any atom is -0.459 e. The van der Waals surface area contributed by atoms with Gasteiger partial charge in [0.2, 0.25) is 5.91 Å². The van der Waals surface area contributed by atoms with E-state index in [4.69, 9.17) is 16.3 Å². The fraction of sp³-hybridized carbons (Fsp3) is 0.500. The first-order chi connectivity index (χ1) is 9.73. The number of hydrogen-bond acceptors (Lipinski definition) is 3. The van der Waals surface area contributed by atoms with Crippen LogP contribution in [0.5, 0.6) is 0 Å². The third-order valence-corrected chi connectivity index (χ3v) is 3.65. The van der Waals surface area contributed by atoms with Crippen molar-refractivity contribution in [3.05, 3.63) is 34.9 Å². The van der Waals surface area contributed by atoms with Crippen LogP contribution in [0.3, 0.4) is 0 Å². The van der Waals surface area contributed by atoms with E-state index in [0.29, 0.717) is 5.02 Å². The van der Waals surface area contributed by atoms with E-state index in [-0.39, 0.29) is 12.5 Å². The molecule has 1 aromatic rings. The first kappa shape index (κ1) is 15.8. The Balaban J connectivity index is 1.94. The first-order valence-corrected chi connectivity index (χ1v) is 7.37. The Labute approximate surface area is 129 Å². The maximum atomic E-state index is 12.3. The summed E-state index contributed by atoms with van der Waals surface area (Å²) in [6, 6.07) is 7.28. The third-order valence-electron chi connectivity index (χ3n) is 3.39. The minimum absolute atomic E-state index is 0.106. The van der Waals surface area contributed by atoms with Gasteiger partial charge in [0.15, 0.2) is 0 Å². The molecule has 1 amide bonds. The van der Waals surface area contributed by atoms with Gasteiger partial charge in [-0.3, -0.25) is 9.59 Å². The normalized spacial score (nSPS) is 16.2. The zero-order valence-electron chi connectivity index (χ0n) is 12.5. The smallest absolute Gasteiger partial charge is 0.325 e. The van der Waals surface area contributed by atoms with Crippen LogP contribution in [0, 0.1) is 0 Å². The van der Waals surface area contributed by atoms with Gasteiger partial charge < -0.3 is 10.1 Å². The first-order valence-electron chi connectivity index (χ1n) is 6.99. The molecule has 4 nitrogen and oxygen atoms in total. The summed E-state index contributed by atoms with van der Waals surface area (Å²) in [6.07, 6.45) is 1.57. The molecule has 0 atom stereocenters. The van der Waals surface area contributed by atoms with Crippen LogP contribution in [0.15, 0.2) is 24.3 Å². The maximum Gasteiger partial charge on any atom is 0.325 e. The molecule has 0 aliphatic heterocycles. The number of benzene rings is 1. The monoisotopic (exact) mass is 309 g/mol. The highest BCUT2D eigenvalue weighted by atomic mass is 35.5. The van der Waals surface area contributed by atoms with Crippen LogP contribution >= 0.6 is 11.6 Å². The zero-order valence-corrected chi connectivity index (χ0v) is 13.3. The van der Waals surface area contributed by atoms with Crippen molar-refractivity contribution in [1.29, 1.82) is 0 Å². The van der Waals surface area contributed by atoms with Gasteiger partial charge in [-0.05, 0) is 51.3 Å². The lowest BCUT2D eigenvalue weighted by Gasteiger charge is -2.20. The van der Waals surface area contributed by atoms with E-state index < -0.39 is 17.0 Å².